The van der Waals surface area contributed by atoms with Gasteiger partial charge in [-0.1, -0.05) is 12.1 Å². The molecule has 0 radical (unpaired) electrons. The molecule has 2 aromatic rings. The van der Waals surface area contributed by atoms with Crippen LogP contribution in [0.2, 0.25) is 0 Å². The van der Waals surface area contributed by atoms with Gasteiger partial charge in [0, 0.05) is 6.54 Å². The van der Waals surface area contributed by atoms with Crippen LogP contribution in [0.25, 0.3) is 0 Å². The largest absolute Gasteiger partial charge is 0.494 e. The number of urea groups is 1. The highest BCUT2D eigenvalue weighted by molar-refractivity contribution is 5.73. The summed E-state index contributed by atoms with van der Waals surface area (Å²) in [7, 11) is 0. The molecule has 2 amide bonds. The maximum atomic E-state index is 13.0. The fourth-order valence-electron chi connectivity index (χ4n) is 1.88. The molecular weight excluding hydrogens is 299 g/mol. The summed E-state index contributed by atoms with van der Waals surface area (Å²) in [4.78, 5) is 11.6. The number of benzene rings is 2. The molecule has 0 aliphatic heterocycles. The molecule has 2 N–H and O–H groups in total. The summed E-state index contributed by atoms with van der Waals surface area (Å²) in [6.45, 7) is 2.79. The van der Waals surface area contributed by atoms with E-state index in [9.17, 15) is 9.18 Å². The van der Waals surface area contributed by atoms with Crippen LogP contribution < -0.4 is 20.1 Å². The van der Waals surface area contributed by atoms with E-state index in [-0.39, 0.29) is 25.1 Å². The Labute approximate surface area is 134 Å². The molecule has 23 heavy (non-hydrogen) atoms. The SMILES string of the molecule is CCOc1ccc(OCNC(=O)NCc2cccc(F)c2)cc1. The van der Waals surface area contributed by atoms with Gasteiger partial charge in [0.05, 0.1) is 6.61 Å². The Morgan fingerprint density at radius 1 is 1.04 bits per heavy atom. The van der Waals surface area contributed by atoms with Gasteiger partial charge in [0.25, 0.3) is 0 Å². The molecule has 0 spiro atoms. The normalized spacial score (nSPS) is 10.0. The lowest BCUT2D eigenvalue weighted by Crippen LogP contribution is -2.37. The van der Waals surface area contributed by atoms with Gasteiger partial charge in [0.1, 0.15) is 17.3 Å². The van der Waals surface area contributed by atoms with Crippen molar-refractivity contribution in [1.82, 2.24) is 10.6 Å². The van der Waals surface area contributed by atoms with Gasteiger partial charge in [-0.2, -0.15) is 0 Å². The Bertz CT molecular complexity index is 632. The fourth-order valence-corrected chi connectivity index (χ4v) is 1.88. The molecule has 0 aliphatic rings. The first-order valence-corrected chi connectivity index (χ1v) is 7.29. The predicted molar refractivity (Wildman–Crippen MR) is 84.9 cm³/mol. The summed E-state index contributed by atoms with van der Waals surface area (Å²) in [5.41, 5.74) is 0.688. The zero-order valence-electron chi connectivity index (χ0n) is 12.8. The molecule has 0 bridgehead atoms. The highest BCUT2D eigenvalue weighted by Gasteiger charge is 2.01. The van der Waals surface area contributed by atoms with Gasteiger partial charge in [-0.05, 0) is 48.9 Å². The maximum absolute atomic E-state index is 13.0. The number of hydrogen-bond acceptors (Lipinski definition) is 3. The van der Waals surface area contributed by atoms with Crippen LogP contribution in [0.5, 0.6) is 11.5 Å². The van der Waals surface area contributed by atoms with Crippen molar-refractivity contribution in [2.45, 2.75) is 13.5 Å². The number of carbonyl (C=O) groups is 1. The molecule has 0 saturated carbocycles. The van der Waals surface area contributed by atoms with Gasteiger partial charge in [-0.25, -0.2) is 9.18 Å². The minimum Gasteiger partial charge on any atom is -0.494 e. The molecule has 5 nitrogen and oxygen atoms in total. The van der Waals surface area contributed by atoms with E-state index in [1.54, 1.807) is 36.4 Å². The van der Waals surface area contributed by atoms with E-state index in [1.807, 2.05) is 6.92 Å². The molecule has 0 unspecified atom stereocenters. The number of ether oxygens (including phenoxy) is 2. The molecule has 122 valence electrons. The van der Waals surface area contributed by atoms with Crippen LogP contribution in [0.4, 0.5) is 9.18 Å². The van der Waals surface area contributed by atoms with E-state index in [1.165, 1.54) is 12.1 Å². The first-order valence-electron chi connectivity index (χ1n) is 7.29. The third-order valence-electron chi connectivity index (χ3n) is 2.95. The third kappa shape index (κ3) is 5.86. The summed E-state index contributed by atoms with van der Waals surface area (Å²) in [5.74, 6) is 1.06. The maximum Gasteiger partial charge on any atom is 0.317 e. The molecule has 6 heteroatoms. The van der Waals surface area contributed by atoms with Gasteiger partial charge >= 0.3 is 6.03 Å². The third-order valence-corrected chi connectivity index (χ3v) is 2.95. The molecule has 0 heterocycles. The quantitative estimate of drug-likeness (QED) is 0.771. The highest BCUT2D eigenvalue weighted by Crippen LogP contribution is 2.17. The molecule has 0 aromatic heterocycles. The van der Waals surface area contributed by atoms with Crippen molar-refractivity contribution >= 4 is 6.03 Å². The number of rotatable bonds is 7. The number of hydrogen-bond donors (Lipinski definition) is 2. The average Bonchev–Trinajstić information content (AvgIpc) is 2.55. The Balaban J connectivity index is 1.68. The second-order valence-electron chi connectivity index (χ2n) is 4.68. The van der Waals surface area contributed by atoms with E-state index in [0.717, 1.165) is 5.75 Å². The summed E-state index contributed by atoms with van der Waals surface area (Å²) in [6.07, 6.45) is 0. The lowest BCUT2D eigenvalue weighted by atomic mass is 10.2. The Morgan fingerprint density at radius 3 is 2.39 bits per heavy atom. The smallest absolute Gasteiger partial charge is 0.317 e. The lowest BCUT2D eigenvalue weighted by molar-refractivity contribution is 0.223. The van der Waals surface area contributed by atoms with Crippen LogP contribution in [-0.4, -0.2) is 19.4 Å². The average molecular weight is 318 g/mol. The molecule has 0 atom stereocenters. The van der Waals surface area contributed by atoms with E-state index in [0.29, 0.717) is 17.9 Å². The van der Waals surface area contributed by atoms with Crippen LogP contribution in [-0.2, 0) is 6.54 Å². The van der Waals surface area contributed by atoms with Crippen molar-refractivity contribution in [3.63, 3.8) is 0 Å². The Kier molecular flexibility index (Phi) is 6.23. The number of carbonyl (C=O) groups excluding carboxylic acids is 1. The van der Waals surface area contributed by atoms with Crippen molar-refractivity contribution < 1.29 is 18.7 Å². The standard InChI is InChI=1S/C17H19FN2O3/c1-2-22-15-6-8-16(9-7-15)23-12-20-17(21)19-11-13-4-3-5-14(18)10-13/h3-10H,2,11-12H2,1H3,(H2,19,20,21). The van der Waals surface area contributed by atoms with Crippen LogP contribution >= 0.6 is 0 Å². The monoisotopic (exact) mass is 318 g/mol. The summed E-state index contributed by atoms with van der Waals surface area (Å²) in [5, 5.41) is 5.18. The van der Waals surface area contributed by atoms with Crippen molar-refractivity contribution in [2.24, 2.45) is 0 Å². The zero-order valence-corrected chi connectivity index (χ0v) is 12.8. The van der Waals surface area contributed by atoms with Gasteiger partial charge < -0.3 is 20.1 Å². The molecular formula is C17H19FN2O3. The summed E-state index contributed by atoms with van der Waals surface area (Å²) >= 11 is 0. The molecule has 0 saturated heterocycles. The van der Waals surface area contributed by atoms with E-state index in [4.69, 9.17) is 9.47 Å². The van der Waals surface area contributed by atoms with Crippen LogP contribution in [0.3, 0.4) is 0 Å². The first kappa shape index (κ1) is 16.6. The van der Waals surface area contributed by atoms with Gasteiger partial charge in [0.2, 0.25) is 0 Å². The predicted octanol–water partition coefficient (Wildman–Crippen LogP) is 3.06. The molecule has 2 rings (SSSR count). The summed E-state index contributed by atoms with van der Waals surface area (Å²) in [6, 6.07) is 12.8. The number of amides is 2. The second-order valence-corrected chi connectivity index (χ2v) is 4.68. The highest BCUT2D eigenvalue weighted by atomic mass is 19.1. The van der Waals surface area contributed by atoms with Crippen molar-refractivity contribution in [1.29, 1.82) is 0 Å². The van der Waals surface area contributed by atoms with Gasteiger partial charge in [-0.3, -0.25) is 0 Å². The minimum atomic E-state index is -0.389. The van der Waals surface area contributed by atoms with Crippen LogP contribution in [0.15, 0.2) is 48.5 Å². The first-order chi connectivity index (χ1) is 11.2. The van der Waals surface area contributed by atoms with Crippen molar-refractivity contribution in [3.05, 3.63) is 59.9 Å². The van der Waals surface area contributed by atoms with Crippen LogP contribution in [0.1, 0.15) is 12.5 Å². The topological polar surface area (TPSA) is 59.6 Å². The minimum absolute atomic E-state index is 0.0307. The van der Waals surface area contributed by atoms with Crippen LogP contribution in [0, 0.1) is 5.82 Å². The lowest BCUT2D eigenvalue weighted by Gasteiger charge is -2.10. The molecule has 0 aliphatic carbocycles. The van der Waals surface area contributed by atoms with E-state index in [2.05, 4.69) is 10.6 Å². The number of nitrogens with one attached hydrogen (secondary N) is 2. The van der Waals surface area contributed by atoms with Crippen molar-refractivity contribution in [3.8, 4) is 11.5 Å². The summed E-state index contributed by atoms with van der Waals surface area (Å²) < 4.78 is 23.7. The second kappa shape index (κ2) is 8.63. The molecule has 2 aromatic carbocycles. The van der Waals surface area contributed by atoms with E-state index >= 15 is 0 Å². The van der Waals surface area contributed by atoms with Gasteiger partial charge in [0.15, 0.2) is 6.73 Å². The Morgan fingerprint density at radius 2 is 1.74 bits per heavy atom. The van der Waals surface area contributed by atoms with Gasteiger partial charge in [-0.15, -0.1) is 0 Å². The van der Waals surface area contributed by atoms with Crippen molar-refractivity contribution in [2.75, 3.05) is 13.3 Å². The zero-order chi connectivity index (χ0) is 16.5. The van der Waals surface area contributed by atoms with E-state index < -0.39 is 0 Å². The number of halogens is 1. The molecule has 0 fully saturated rings. The Hall–Kier alpha value is -2.76. The fraction of sp³-hybridized carbons (Fsp3) is 0.235.